The van der Waals surface area contributed by atoms with Crippen LogP contribution in [0.4, 0.5) is 0 Å². The first-order chi connectivity index (χ1) is 8.68. The molecule has 2 aliphatic heterocycles. The molecule has 2 heterocycles. The first-order valence-electron chi connectivity index (χ1n) is 6.96. The van der Waals surface area contributed by atoms with Crippen LogP contribution in [-0.2, 0) is 9.59 Å². The highest BCUT2D eigenvalue weighted by Gasteiger charge is 2.26. The predicted octanol–water partition coefficient (Wildman–Crippen LogP) is 0.209. The Morgan fingerprint density at radius 1 is 1.33 bits per heavy atom. The maximum atomic E-state index is 12.2. The summed E-state index contributed by atoms with van der Waals surface area (Å²) in [6.45, 7) is 5.51. The number of rotatable bonds is 2. The first-order valence-corrected chi connectivity index (χ1v) is 6.96. The Labute approximate surface area is 108 Å². The normalized spacial score (nSPS) is 26.1. The van der Waals surface area contributed by atoms with Gasteiger partial charge in [0.2, 0.25) is 11.8 Å². The number of nitrogens with one attached hydrogen (secondary N) is 1. The third-order valence-electron chi connectivity index (χ3n) is 3.82. The van der Waals surface area contributed by atoms with Gasteiger partial charge >= 0.3 is 0 Å². The number of carbonyl (C=O) groups is 2. The van der Waals surface area contributed by atoms with E-state index < -0.39 is 0 Å². The average Bonchev–Trinajstić information content (AvgIpc) is 2.55. The molecule has 0 saturated carbocycles. The van der Waals surface area contributed by atoms with Crippen molar-refractivity contribution < 1.29 is 9.59 Å². The van der Waals surface area contributed by atoms with Crippen molar-refractivity contribution in [2.45, 2.75) is 38.6 Å². The molecule has 0 aromatic carbocycles. The molecule has 0 bridgehead atoms. The second-order valence-corrected chi connectivity index (χ2v) is 5.27. The van der Waals surface area contributed by atoms with E-state index in [0.29, 0.717) is 6.42 Å². The zero-order valence-electron chi connectivity index (χ0n) is 11.2. The molecule has 0 aromatic rings. The van der Waals surface area contributed by atoms with Gasteiger partial charge in [-0.25, -0.2) is 0 Å². The maximum Gasteiger partial charge on any atom is 0.242 e. The van der Waals surface area contributed by atoms with Gasteiger partial charge in [-0.3, -0.25) is 9.59 Å². The molecule has 0 aromatic heterocycles. The molecule has 18 heavy (non-hydrogen) atoms. The number of carbonyl (C=O) groups excluding carboxylic acids is 2. The topological polar surface area (TPSA) is 52.7 Å². The summed E-state index contributed by atoms with van der Waals surface area (Å²) >= 11 is 0. The van der Waals surface area contributed by atoms with Crippen molar-refractivity contribution in [3.05, 3.63) is 0 Å². The largest absolute Gasteiger partial charge is 0.336 e. The SMILES string of the molecule is C[C@@H]1CNCCN1C(=O)CN1CCCCCC1=O. The Bertz CT molecular complexity index is 319. The minimum absolute atomic E-state index is 0.0965. The van der Waals surface area contributed by atoms with Gasteiger partial charge in [0.15, 0.2) is 0 Å². The van der Waals surface area contributed by atoms with Gasteiger partial charge in [0, 0.05) is 38.6 Å². The lowest BCUT2D eigenvalue weighted by molar-refractivity contribution is -0.141. The average molecular weight is 253 g/mol. The van der Waals surface area contributed by atoms with Crippen LogP contribution in [0.15, 0.2) is 0 Å². The van der Waals surface area contributed by atoms with Gasteiger partial charge in [-0.2, -0.15) is 0 Å². The van der Waals surface area contributed by atoms with Crippen LogP contribution in [-0.4, -0.2) is 60.4 Å². The second kappa shape index (κ2) is 6.18. The number of hydrogen-bond acceptors (Lipinski definition) is 3. The third-order valence-corrected chi connectivity index (χ3v) is 3.82. The summed E-state index contributed by atoms with van der Waals surface area (Å²) in [7, 11) is 0. The number of nitrogens with zero attached hydrogens (tertiary/aromatic N) is 2. The molecule has 1 N–H and O–H groups in total. The molecule has 2 fully saturated rings. The minimum atomic E-state index is 0.0965. The van der Waals surface area contributed by atoms with Crippen LogP contribution < -0.4 is 5.32 Å². The molecule has 102 valence electrons. The van der Waals surface area contributed by atoms with E-state index in [1.807, 2.05) is 11.8 Å². The smallest absolute Gasteiger partial charge is 0.242 e. The van der Waals surface area contributed by atoms with E-state index in [0.717, 1.165) is 45.4 Å². The van der Waals surface area contributed by atoms with Gasteiger partial charge in [0.05, 0.1) is 6.54 Å². The monoisotopic (exact) mass is 253 g/mol. The summed E-state index contributed by atoms with van der Waals surface area (Å²) in [5.74, 6) is 0.239. The van der Waals surface area contributed by atoms with E-state index in [9.17, 15) is 9.59 Å². The minimum Gasteiger partial charge on any atom is -0.336 e. The molecule has 0 aliphatic carbocycles. The van der Waals surface area contributed by atoms with Crippen LogP contribution >= 0.6 is 0 Å². The number of hydrogen-bond donors (Lipinski definition) is 1. The van der Waals surface area contributed by atoms with E-state index in [4.69, 9.17) is 0 Å². The standard InChI is InChI=1S/C13H23N3O2/c1-11-9-14-6-8-16(11)13(18)10-15-7-4-2-3-5-12(15)17/h11,14H,2-10H2,1H3/t11-/m1/s1. The zero-order chi connectivity index (χ0) is 13.0. The van der Waals surface area contributed by atoms with Crippen LogP contribution in [0.5, 0.6) is 0 Å². The van der Waals surface area contributed by atoms with Crippen LogP contribution in [0.1, 0.15) is 32.6 Å². The second-order valence-electron chi connectivity index (χ2n) is 5.27. The molecular formula is C13H23N3O2. The Hall–Kier alpha value is -1.10. The van der Waals surface area contributed by atoms with E-state index in [2.05, 4.69) is 5.32 Å². The molecule has 0 radical (unpaired) electrons. The molecular weight excluding hydrogens is 230 g/mol. The number of likely N-dealkylation sites (tertiary alicyclic amines) is 1. The molecule has 0 unspecified atom stereocenters. The first kappa shape index (κ1) is 13.3. The summed E-state index contributed by atoms with van der Waals surface area (Å²) in [4.78, 5) is 27.7. The van der Waals surface area contributed by atoms with Gasteiger partial charge in [0.25, 0.3) is 0 Å². The van der Waals surface area contributed by atoms with Crippen molar-refractivity contribution in [1.82, 2.24) is 15.1 Å². The van der Waals surface area contributed by atoms with E-state index in [-0.39, 0.29) is 24.4 Å². The van der Waals surface area contributed by atoms with Gasteiger partial charge in [-0.05, 0) is 19.8 Å². The highest BCUT2D eigenvalue weighted by atomic mass is 16.2. The van der Waals surface area contributed by atoms with Crippen molar-refractivity contribution >= 4 is 11.8 Å². The molecule has 0 spiro atoms. The lowest BCUT2D eigenvalue weighted by Gasteiger charge is -2.35. The van der Waals surface area contributed by atoms with Gasteiger partial charge in [0.1, 0.15) is 0 Å². The fourth-order valence-corrected chi connectivity index (χ4v) is 2.67. The Morgan fingerprint density at radius 3 is 2.94 bits per heavy atom. The summed E-state index contributed by atoms with van der Waals surface area (Å²) < 4.78 is 0. The predicted molar refractivity (Wildman–Crippen MR) is 69.1 cm³/mol. The van der Waals surface area contributed by atoms with Crippen LogP contribution in [0.3, 0.4) is 0 Å². The van der Waals surface area contributed by atoms with Crippen LogP contribution in [0.25, 0.3) is 0 Å². The quantitative estimate of drug-likeness (QED) is 0.765. The molecule has 5 heteroatoms. The van der Waals surface area contributed by atoms with Gasteiger partial charge < -0.3 is 15.1 Å². The summed E-state index contributed by atoms with van der Waals surface area (Å²) in [6, 6.07) is 0.230. The van der Waals surface area contributed by atoms with Gasteiger partial charge in [-0.15, -0.1) is 0 Å². The highest BCUT2D eigenvalue weighted by Crippen LogP contribution is 2.12. The lowest BCUT2D eigenvalue weighted by atomic mass is 10.2. The van der Waals surface area contributed by atoms with E-state index in [1.165, 1.54) is 0 Å². The molecule has 2 saturated heterocycles. The number of piperazine rings is 1. The molecule has 2 aliphatic rings. The van der Waals surface area contributed by atoms with Crippen molar-refractivity contribution in [3.8, 4) is 0 Å². The Morgan fingerprint density at radius 2 is 2.17 bits per heavy atom. The Kier molecular flexibility index (Phi) is 4.58. The summed E-state index contributed by atoms with van der Waals surface area (Å²) in [6.07, 6.45) is 3.69. The summed E-state index contributed by atoms with van der Waals surface area (Å²) in [5, 5.41) is 3.27. The van der Waals surface area contributed by atoms with Crippen LogP contribution in [0.2, 0.25) is 0 Å². The van der Waals surface area contributed by atoms with Crippen molar-refractivity contribution in [3.63, 3.8) is 0 Å². The van der Waals surface area contributed by atoms with E-state index in [1.54, 1.807) is 4.90 Å². The van der Waals surface area contributed by atoms with Gasteiger partial charge in [-0.1, -0.05) is 6.42 Å². The zero-order valence-corrected chi connectivity index (χ0v) is 11.2. The van der Waals surface area contributed by atoms with Crippen molar-refractivity contribution in [1.29, 1.82) is 0 Å². The maximum absolute atomic E-state index is 12.2. The molecule has 2 amide bonds. The molecule has 2 rings (SSSR count). The van der Waals surface area contributed by atoms with Crippen molar-refractivity contribution in [2.24, 2.45) is 0 Å². The third kappa shape index (κ3) is 3.22. The fraction of sp³-hybridized carbons (Fsp3) is 0.846. The highest BCUT2D eigenvalue weighted by molar-refractivity contribution is 5.85. The molecule has 1 atom stereocenters. The lowest BCUT2D eigenvalue weighted by Crippen LogP contribution is -2.55. The van der Waals surface area contributed by atoms with Crippen LogP contribution in [0, 0.1) is 0 Å². The summed E-state index contributed by atoms with van der Waals surface area (Å²) in [5.41, 5.74) is 0. The molecule has 5 nitrogen and oxygen atoms in total. The van der Waals surface area contributed by atoms with Crippen molar-refractivity contribution in [2.75, 3.05) is 32.7 Å². The number of amides is 2. The fourth-order valence-electron chi connectivity index (χ4n) is 2.67. The Balaban J connectivity index is 1.90. The van der Waals surface area contributed by atoms with E-state index >= 15 is 0 Å².